The molecule has 0 spiro atoms. The molecule has 1 amide bonds. The first-order valence-corrected chi connectivity index (χ1v) is 9.64. The van der Waals surface area contributed by atoms with E-state index in [0.29, 0.717) is 26.3 Å². The Morgan fingerprint density at radius 3 is 2.56 bits per heavy atom. The van der Waals surface area contributed by atoms with E-state index in [2.05, 4.69) is 17.0 Å². The maximum absolute atomic E-state index is 12.2. The van der Waals surface area contributed by atoms with E-state index in [1.165, 1.54) is 36.9 Å². The number of hydrogen-bond acceptors (Lipinski definition) is 4. The Morgan fingerprint density at radius 1 is 1.08 bits per heavy atom. The minimum atomic E-state index is 0.0504. The van der Waals surface area contributed by atoms with E-state index in [4.69, 9.17) is 9.47 Å². The van der Waals surface area contributed by atoms with Crippen LogP contribution < -0.4 is 4.74 Å². The lowest BCUT2D eigenvalue weighted by Gasteiger charge is -2.36. The summed E-state index contributed by atoms with van der Waals surface area (Å²) in [7, 11) is 0. The van der Waals surface area contributed by atoms with Crippen molar-refractivity contribution in [2.45, 2.75) is 38.1 Å². The van der Waals surface area contributed by atoms with Crippen LogP contribution in [0.3, 0.4) is 0 Å². The molecule has 0 aromatic heterocycles. The summed E-state index contributed by atoms with van der Waals surface area (Å²) < 4.78 is 11.1. The van der Waals surface area contributed by atoms with Crippen LogP contribution in [0.2, 0.25) is 0 Å². The van der Waals surface area contributed by atoms with Gasteiger partial charge in [-0.25, -0.2) is 0 Å². The molecule has 2 aliphatic heterocycles. The average Bonchev–Trinajstić information content (AvgIpc) is 2.81. The molecule has 0 bridgehead atoms. The standard InChI is InChI=1S/C20H28N2O3/c23-20(22-10-12-24-13-11-22)15-25-19-5-4-16-6-8-21(18-2-1-3-18)9-7-17(16)14-19/h4-5,14,18H,1-3,6-13,15H2. The first-order valence-electron chi connectivity index (χ1n) is 9.64. The number of rotatable bonds is 4. The highest BCUT2D eigenvalue weighted by Gasteiger charge is 2.26. The predicted octanol–water partition coefficient (Wildman–Crippen LogP) is 1.88. The van der Waals surface area contributed by atoms with Crippen LogP contribution in [-0.4, -0.2) is 67.7 Å². The SMILES string of the molecule is O=C(COc1ccc2c(c1)CCN(C1CCC1)CC2)N1CCOCC1. The maximum Gasteiger partial charge on any atom is 0.260 e. The van der Waals surface area contributed by atoms with Crippen LogP contribution in [0.4, 0.5) is 0 Å². The molecular weight excluding hydrogens is 316 g/mol. The normalized spacial score (nSPS) is 22.0. The molecule has 3 aliphatic rings. The zero-order valence-electron chi connectivity index (χ0n) is 14.9. The molecule has 0 unspecified atom stereocenters. The van der Waals surface area contributed by atoms with Crippen LogP contribution in [0.15, 0.2) is 18.2 Å². The van der Waals surface area contributed by atoms with Crippen molar-refractivity contribution < 1.29 is 14.3 Å². The van der Waals surface area contributed by atoms with Gasteiger partial charge in [-0.2, -0.15) is 0 Å². The van der Waals surface area contributed by atoms with Crippen LogP contribution in [-0.2, 0) is 22.4 Å². The van der Waals surface area contributed by atoms with Gasteiger partial charge in [0.05, 0.1) is 13.2 Å². The first kappa shape index (κ1) is 16.9. The number of carbonyl (C=O) groups excluding carboxylic acids is 1. The summed E-state index contributed by atoms with van der Waals surface area (Å²) in [6, 6.07) is 7.17. The molecule has 25 heavy (non-hydrogen) atoms. The topological polar surface area (TPSA) is 42.0 Å². The molecule has 1 saturated heterocycles. The minimum absolute atomic E-state index is 0.0504. The van der Waals surface area contributed by atoms with Gasteiger partial charge in [-0.1, -0.05) is 12.5 Å². The third-order valence-electron chi connectivity index (χ3n) is 5.83. The fourth-order valence-electron chi connectivity index (χ4n) is 3.97. The Hall–Kier alpha value is -1.59. The predicted molar refractivity (Wildman–Crippen MR) is 96.0 cm³/mol. The van der Waals surface area contributed by atoms with Gasteiger partial charge in [0.25, 0.3) is 5.91 Å². The van der Waals surface area contributed by atoms with Crippen LogP contribution in [0, 0.1) is 0 Å². The van der Waals surface area contributed by atoms with Gasteiger partial charge in [-0.3, -0.25) is 9.69 Å². The smallest absolute Gasteiger partial charge is 0.260 e. The minimum Gasteiger partial charge on any atom is -0.484 e. The van der Waals surface area contributed by atoms with Crippen molar-refractivity contribution in [1.82, 2.24) is 9.80 Å². The zero-order chi connectivity index (χ0) is 17.1. The third-order valence-corrected chi connectivity index (χ3v) is 5.83. The van der Waals surface area contributed by atoms with Crippen molar-refractivity contribution in [3.63, 3.8) is 0 Å². The molecule has 4 rings (SSSR count). The maximum atomic E-state index is 12.2. The summed E-state index contributed by atoms with van der Waals surface area (Å²) in [6.07, 6.45) is 6.34. The Bertz CT molecular complexity index is 609. The molecule has 5 nitrogen and oxygen atoms in total. The van der Waals surface area contributed by atoms with Gasteiger partial charge in [-0.05, 0) is 48.9 Å². The van der Waals surface area contributed by atoms with Gasteiger partial charge in [0.15, 0.2) is 6.61 Å². The van der Waals surface area contributed by atoms with Crippen LogP contribution in [0.5, 0.6) is 5.75 Å². The molecule has 1 aromatic rings. The molecule has 0 atom stereocenters. The van der Waals surface area contributed by atoms with Gasteiger partial charge in [0.1, 0.15) is 5.75 Å². The van der Waals surface area contributed by atoms with Gasteiger partial charge >= 0.3 is 0 Å². The number of ether oxygens (including phenoxy) is 2. The molecule has 1 aromatic carbocycles. The number of carbonyl (C=O) groups is 1. The summed E-state index contributed by atoms with van der Waals surface area (Å²) in [5.74, 6) is 0.867. The van der Waals surface area contributed by atoms with Crippen molar-refractivity contribution in [2.75, 3.05) is 46.0 Å². The van der Waals surface area contributed by atoms with E-state index in [0.717, 1.165) is 31.2 Å². The molecule has 2 fully saturated rings. The zero-order valence-corrected chi connectivity index (χ0v) is 14.9. The lowest BCUT2D eigenvalue weighted by atomic mass is 9.91. The fraction of sp³-hybridized carbons (Fsp3) is 0.650. The van der Waals surface area contributed by atoms with Crippen molar-refractivity contribution in [3.05, 3.63) is 29.3 Å². The second-order valence-electron chi connectivity index (χ2n) is 7.33. The molecule has 1 saturated carbocycles. The monoisotopic (exact) mass is 344 g/mol. The average molecular weight is 344 g/mol. The molecule has 2 heterocycles. The van der Waals surface area contributed by atoms with Gasteiger partial charge in [-0.15, -0.1) is 0 Å². The van der Waals surface area contributed by atoms with Crippen molar-refractivity contribution in [1.29, 1.82) is 0 Å². The second-order valence-corrected chi connectivity index (χ2v) is 7.33. The van der Waals surface area contributed by atoms with Gasteiger partial charge < -0.3 is 14.4 Å². The summed E-state index contributed by atoms with van der Waals surface area (Å²) >= 11 is 0. The summed E-state index contributed by atoms with van der Waals surface area (Å²) in [5, 5.41) is 0. The number of hydrogen-bond donors (Lipinski definition) is 0. The number of benzene rings is 1. The van der Waals surface area contributed by atoms with E-state index in [1.807, 2.05) is 11.0 Å². The molecule has 0 N–H and O–H groups in total. The molecule has 0 radical (unpaired) electrons. The lowest BCUT2D eigenvalue weighted by molar-refractivity contribution is -0.137. The number of amides is 1. The van der Waals surface area contributed by atoms with E-state index in [1.54, 1.807) is 0 Å². The number of fused-ring (bicyclic) bond motifs is 1. The van der Waals surface area contributed by atoms with E-state index in [9.17, 15) is 4.79 Å². The summed E-state index contributed by atoms with van der Waals surface area (Å²) in [5.41, 5.74) is 2.83. The molecule has 136 valence electrons. The first-order chi connectivity index (χ1) is 12.3. The van der Waals surface area contributed by atoms with Crippen LogP contribution >= 0.6 is 0 Å². The Balaban J connectivity index is 1.33. The van der Waals surface area contributed by atoms with Crippen LogP contribution in [0.1, 0.15) is 30.4 Å². The largest absolute Gasteiger partial charge is 0.484 e. The Labute approximate surface area is 149 Å². The Morgan fingerprint density at radius 2 is 1.84 bits per heavy atom. The summed E-state index contributed by atoms with van der Waals surface area (Å²) in [6.45, 7) is 5.03. The van der Waals surface area contributed by atoms with Crippen molar-refractivity contribution in [3.8, 4) is 5.75 Å². The highest BCUT2D eigenvalue weighted by Crippen LogP contribution is 2.28. The summed E-state index contributed by atoms with van der Waals surface area (Å²) in [4.78, 5) is 16.7. The van der Waals surface area contributed by atoms with Gasteiger partial charge in [0, 0.05) is 32.2 Å². The number of morpholine rings is 1. The van der Waals surface area contributed by atoms with Gasteiger partial charge in [0.2, 0.25) is 0 Å². The van der Waals surface area contributed by atoms with E-state index in [-0.39, 0.29) is 12.5 Å². The van der Waals surface area contributed by atoms with Crippen molar-refractivity contribution >= 4 is 5.91 Å². The van der Waals surface area contributed by atoms with Crippen LogP contribution in [0.25, 0.3) is 0 Å². The number of nitrogens with zero attached hydrogens (tertiary/aromatic N) is 2. The highest BCUT2D eigenvalue weighted by molar-refractivity contribution is 5.77. The molecule has 1 aliphatic carbocycles. The Kier molecular flexibility index (Phi) is 5.22. The molecule has 5 heteroatoms. The highest BCUT2D eigenvalue weighted by atomic mass is 16.5. The van der Waals surface area contributed by atoms with E-state index >= 15 is 0 Å². The van der Waals surface area contributed by atoms with Crippen molar-refractivity contribution in [2.24, 2.45) is 0 Å². The van der Waals surface area contributed by atoms with E-state index < -0.39 is 0 Å². The fourth-order valence-corrected chi connectivity index (χ4v) is 3.97. The molecular formula is C20H28N2O3. The third kappa shape index (κ3) is 3.98. The quantitative estimate of drug-likeness (QED) is 0.836. The second kappa shape index (κ2) is 7.75. The lowest BCUT2D eigenvalue weighted by Crippen LogP contribution is -2.42.